The summed E-state index contributed by atoms with van der Waals surface area (Å²) in [5.41, 5.74) is 3.66. The molecule has 0 fully saturated rings. The molecule has 3 aromatic rings. The van der Waals surface area contributed by atoms with E-state index in [1.54, 1.807) is 0 Å². The normalized spacial score (nSPS) is 11.6. The van der Waals surface area contributed by atoms with Crippen LogP contribution in [-0.4, -0.2) is 12.4 Å². The Labute approximate surface area is 187 Å². The highest BCUT2D eigenvalue weighted by Crippen LogP contribution is 2.34. The Hall–Kier alpha value is -2.65. The van der Waals surface area contributed by atoms with Gasteiger partial charge in [-0.25, -0.2) is 0 Å². The highest BCUT2D eigenvalue weighted by atomic mass is 79.9. The van der Waals surface area contributed by atoms with Crippen LogP contribution in [0.25, 0.3) is 6.08 Å². The van der Waals surface area contributed by atoms with Gasteiger partial charge in [-0.3, -0.25) is 4.79 Å². The fourth-order valence-electron chi connectivity index (χ4n) is 3.34. The standard InChI is InChI=1S/C27H27BrO2/c1-4-30-25-16-15-23(19-24(25)28)27(2,3)17-9-11-20-10-8-14-22(18-20)26(29)21-12-6-5-7-13-21/h5-16,18-19H,4,17H2,1-3H3. The van der Waals surface area contributed by atoms with Gasteiger partial charge < -0.3 is 4.74 Å². The molecule has 3 rings (SSSR count). The monoisotopic (exact) mass is 462 g/mol. The van der Waals surface area contributed by atoms with Crippen molar-refractivity contribution in [2.24, 2.45) is 0 Å². The van der Waals surface area contributed by atoms with Gasteiger partial charge in [0.2, 0.25) is 0 Å². The van der Waals surface area contributed by atoms with Crippen molar-refractivity contribution in [1.29, 1.82) is 0 Å². The number of ketones is 1. The predicted octanol–water partition coefficient (Wildman–Crippen LogP) is 7.46. The van der Waals surface area contributed by atoms with Crippen LogP contribution in [0.5, 0.6) is 5.75 Å². The molecule has 0 bridgehead atoms. The van der Waals surface area contributed by atoms with Crippen LogP contribution in [0.1, 0.15) is 54.2 Å². The van der Waals surface area contributed by atoms with Gasteiger partial charge in [0.15, 0.2) is 5.78 Å². The summed E-state index contributed by atoms with van der Waals surface area (Å²) in [7, 11) is 0. The fourth-order valence-corrected chi connectivity index (χ4v) is 3.83. The summed E-state index contributed by atoms with van der Waals surface area (Å²) in [5, 5.41) is 0. The van der Waals surface area contributed by atoms with Crippen molar-refractivity contribution in [3.05, 3.63) is 106 Å². The summed E-state index contributed by atoms with van der Waals surface area (Å²) in [6.07, 6.45) is 5.15. The molecule has 2 nitrogen and oxygen atoms in total. The largest absolute Gasteiger partial charge is 0.493 e. The third-order valence-electron chi connectivity index (χ3n) is 5.14. The molecule has 0 radical (unpaired) electrons. The summed E-state index contributed by atoms with van der Waals surface area (Å²) in [6.45, 7) is 7.09. The molecule has 30 heavy (non-hydrogen) atoms. The number of ether oxygens (including phenoxy) is 1. The Balaban J connectivity index is 1.72. The number of rotatable bonds is 8. The average Bonchev–Trinajstić information content (AvgIpc) is 2.75. The molecule has 0 heterocycles. The molecule has 0 saturated heterocycles. The molecule has 0 atom stereocenters. The molecular formula is C27H27BrO2. The smallest absolute Gasteiger partial charge is 0.193 e. The average molecular weight is 463 g/mol. The van der Waals surface area contributed by atoms with Crippen LogP contribution in [-0.2, 0) is 5.41 Å². The molecule has 0 spiro atoms. The third-order valence-corrected chi connectivity index (χ3v) is 5.76. The lowest BCUT2D eigenvalue weighted by Gasteiger charge is -2.24. The van der Waals surface area contributed by atoms with Crippen LogP contribution in [0.2, 0.25) is 0 Å². The zero-order valence-corrected chi connectivity index (χ0v) is 19.3. The van der Waals surface area contributed by atoms with Gasteiger partial charge in [0.1, 0.15) is 5.75 Å². The minimum absolute atomic E-state index is 0.0266. The molecule has 3 aromatic carbocycles. The number of allylic oxidation sites excluding steroid dienone is 1. The second-order valence-electron chi connectivity index (χ2n) is 7.89. The number of halogens is 1. The van der Waals surface area contributed by atoms with Crippen molar-refractivity contribution < 1.29 is 9.53 Å². The quantitative estimate of drug-likeness (QED) is 0.324. The Kier molecular flexibility index (Phi) is 7.28. The Morgan fingerprint density at radius 1 is 0.967 bits per heavy atom. The molecule has 0 aliphatic carbocycles. The summed E-state index contributed by atoms with van der Waals surface area (Å²) in [5.74, 6) is 0.915. The van der Waals surface area contributed by atoms with Crippen molar-refractivity contribution >= 4 is 27.8 Å². The number of carbonyl (C=O) groups is 1. The molecule has 0 aliphatic rings. The first-order valence-electron chi connectivity index (χ1n) is 10.2. The van der Waals surface area contributed by atoms with Gasteiger partial charge in [-0.2, -0.15) is 0 Å². The lowest BCUT2D eigenvalue weighted by molar-refractivity contribution is 0.103. The topological polar surface area (TPSA) is 26.3 Å². The van der Waals surface area contributed by atoms with E-state index in [4.69, 9.17) is 4.74 Å². The van der Waals surface area contributed by atoms with E-state index in [-0.39, 0.29) is 11.2 Å². The van der Waals surface area contributed by atoms with E-state index in [0.29, 0.717) is 17.7 Å². The van der Waals surface area contributed by atoms with Gasteiger partial charge in [-0.1, -0.05) is 80.6 Å². The summed E-state index contributed by atoms with van der Waals surface area (Å²) >= 11 is 3.61. The maximum Gasteiger partial charge on any atom is 0.193 e. The lowest BCUT2D eigenvalue weighted by atomic mass is 9.81. The second kappa shape index (κ2) is 9.90. The van der Waals surface area contributed by atoms with Crippen molar-refractivity contribution in [2.75, 3.05) is 6.61 Å². The van der Waals surface area contributed by atoms with Crippen LogP contribution in [0.15, 0.2) is 83.3 Å². The molecule has 154 valence electrons. The minimum Gasteiger partial charge on any atom is -0.493 e. The Morgan fingerprint density at radius 3 is 2.40 bits per heavy atom. The van der Waals surface area contributed by atoms with E-state index < -0.39 is 0 Å². The van der Waals surface area contributed by atoms with Gasteiger partial charge in [-0.15, -0.1) is 0 Å². The maximum absolute atomic E-state index is 12.7. The van der Waals surface area contributed by atoms with Gasteiger partial charge in [0, 0.05) is 11.1 Å². The Morgan fingerprint density at radius 2 is 1.70 bits per heavy atom. The van der Waals surface area contributed by atoms with Crippen molar-refractivity contribution in [2.45, 2.75) is 32.6 Å². The second-order valence-corrected chi connectivity index (χ2v) is 8.74. The highest BCUT2D eigenvalue weighted by molar-refractivity contribution is 9.10. The molecule has 0 aliphatic heterocycles. The van der Waals surface area contributed by atoms with E-state index in [0.717, 1.165) is 22.2 Å². The Bertz CT molecular complexity index is 1040. The highest BCUT2D eigenvalue weighted by Gasteiger charge is 2.20. The minimum atomic E-state index is -0.0266. The van der Waals surface area contributed by atoms with Gasteiger partial charge >= 0.3 is 0 Å². The first kappa shape index (κ1) is 22.0. The summed E-state index contributed by atoms with van der Waals surface area (Å²) in [6, 6.07) is 23.5. The molecule has 0 N–H and O–H groups in total. The zero-order valence-electron chi connectivity index (χ0n) is 17.7. The SMILES string of the molecule is CCOc1ccc(C(C)(C)CC=Cc2cccc(C(=O)c3ccccc3)c2)cc1Br. The zero-order chi connectivity index (χ0) is 21.6. The van der Waals surface area contributed by atoms with E-state index in [9.17, 15) is 4.79 Å². The molecular weight excluding hydrogens is 436 g/mol. The number of hydrogen-bond acceptors (Lipinski definition) is 2. The van der Waals surface area contributed by atoms with Crippen molar-refractivity contribution in [3.63, 3.8) is 0 Å². The van der Waals surface area contributed by atoms with Crippen LogP contribution < -0.4 is 4.74 Å². The molecule has 0 saturated carbocycles. The fraction of sp³-hybridized carbons (Fsp3) is 0.222. The molecule has 0 amide bonds. The van der Waals surface area contributed by atoms with Gasteiger partial charge in [0.05, 0.1) is 11.1 Å². The summed E-state index contributed by atoms with van der Waals surface area (Å²) in [4.78, 5) is 12.7. The van der Waals surface area contributed by atoms with Gasteiger partial charge in [-0.05, 0) is 64.0 Å². The van der Waals surface area contributed by atoms with Crippen LogP contribution in [0.4, 0.5) is 0 Å². The van der Waals surface area contributed by atoms with Crippen molar-refractivity contribution in [1.82, 2.24) is 0 Å². The van der Waals surface area contributed by atoms with Crippen LogP contribution in [0, 0.1) is 0 Å². The summed E-state index contributed by atoms with van der Waals surface area (Å²) < 4.78 is 6.60. The van der Waals surface area contributed by atoms with E-state index in [1.165, 1.54) is 5.56 Å². The van der Waals surface area contributed by atoms with Gasteiger partial charge in [0.25, 0.3) is 0 Å². The first-order valence-corrected chi connectivity index (χ1v) is 11.0. The number of carbonyl (C=O) groups excluding carboxylic acids is 1. The molecule has 0 aromatic heterocycles. The van der Waals surface area contributed by atoms with E-state index in [1.807, 2.05) is 67.6 Å². The molecule has 0 unspecified atom stereocenters. The van der Waals surface area contributed by atoms with Crippen LogP contribution in [0.3, 0.4) is 0 Å². The third kappa shape index (κ3) is 5.48. The predicted molar refractivity (Wildman–Crippen MR) is 128 cm³/mol. The molecule has 3 heteroatoms. The lowest BCUT2D eigenvalue weighted by Crippen LogP contribution is -2.16. The first-order chi connectivity index (χ1) is 14.4. The number of hydrogen-bond donors (Lipinski definition) is 0. The maximum atomic E-state index is 12.7. The van der Waals surface area contributed by atoms with E-state index >= 15 is 0 Å². The number of benzene rings is 3. The van der Waals surface area contributed by atoms with Crippen LogP contribution >= 0.6 is 15.9 Å². The van der Waals surface area contributed by atoms with E-state index in [2.05, 4.69) is 54.1 Å². The van der Waals surface area contributed by atoms with Crippen molar-refractivity contribution in [3.8, 4) is 5.75 Å².